The molecular weight excluding hydrogens is 867 g/mol. The fourth-order valence-corrected chi connectivity index (χ4v) is 9.68. The summed E-state index contributed by atoms with van der Waals surface area (Å²) in [6.45, 7) is 8.49. The number of amides is 4. The highest BCUT2D eigenvalue weighted by Gasteiger charge is 2.64. The van der Waals surface area contributed by atoms with Crippen LogP contribution in [0.5, 0.6) is 11.6 Å². The van der Waals surface area contributed by atoms with Crippen LogP contribution in [0.2, 0.25) is 0 Å². The lowest BCUT2D eigenvalue weighted by atomic mass is 9.85. The quantitative estimate of drug-likeness (QED) is 0.187. The molecule has 2 aliphatic heterocycles. The van der Waals surface area contributed by atoms with Crippen LogP contribution in [-0.4, -0.2) is 110 Å². The van der Waals surface area contributed by atoms with Crippen LogP contribution in [0.25, 0.3) is 11.0 Å². The molecule has 0 spiro atoms. The van der Waals surface area contributed by atoms with E-state index in [0.717, 1.165) is 4.90 Å². The van der Waals surface area contributed by atoms with E-state index in [-0.39, 0.29) is 59.4 Å². The molecule has 22 heteroatoms. The van der Waals surface area contributed by atoms with E-state index in [0.29, 0.717) is 26.7 Å². The van der Waals surface area contributed by atoms with Crippen LogP contribution in [0.1, 0.15) is 99.1 Å². The molecule has 63 heavy (non-hydrogen) atoms. The van der Waals surface area contributed by atoms with Gasteiger partial charge in [0.15, 0.2) is 0 Å². The number of aromatic nitrogens is 2. The zero-order valence-corrected chi connectivity index (χ0v) is 36.6. The molecule has 1 aromatic heterocycles. The minimum absolute atomic E-state index is 0.00355. The van der Waals surface area contributed by atoms with E-state index in [1.165, 1.54) is 32.0 Å². The summed E-state index contributed by atoms with van der Waals surface area (Å²) in [5, 5.41) is 13.0. The lowest BCUT2D eigenvalue weighted by molar-refractivity contribution is -0.222. The van der Waals surface area contributed by atoms with Gasteiger partial charge in [0.05, 0.1) is 28.4 Å². The smallest absolute Gasteiger partial charge is 0.438 e. The fourth-order valence-electron chi connectivity index (χ4n) is 8.37. The van der Waals surface area contributed by atoms with E-state index in [4.69, 9.17) is 9.47 Å². The molecule has 0 radical (unpaired) electrons. The first-order valence-electron chi connectivity index (χ1n) is 20.7. The molecule has 1 saturated heterocycles. The van der Waals surface area contributed by atoms with Gasteiger partial charge >= 0.3 is 18.4 Å². The van der Waals surface area contributed by atoms with Gasteiger partial charge in [-0.25, -0.2) is 23.2 Å². The van der Waals surface area contributed by atoms with Gasteiger partial charge in [-0.05, 0) is 97.1 Å². The van der Waals surface area contributed by atoms with Gasteiger partial charge in [-0.2, -0.15) is 26.3 Å². The first kappa shape index (κ1) is 47.6. The van der Waals surface area contributed by atoms with Crippen LogP contribution in [0.3, 0.4) is 0 Å². The van der Waals surface area contributed by atoms with E-state index in [1.807, 2.05) is 0 Å². The molecule has 6 rings (SSSR count). The molecule has 4 aliphatic rings. The van der Waals surface area contributed by atoms with Gasteiger partial charge in [0.25, 0.3) is 5.91 Å². The van der Waals surface area contributed by atoms with Gasteiger partial charge in [0.2, 0.25) is 33.4 Å². The number of carbonyl (C=O) groups is 4. The zero-order chi connectivity index (χ0) is 46.8. The number of rotatable bonds is 9. The predicted molar refractivity (Wildman–Crippen MR) is 214 cm³/mol. The maximum Gasteiger partial charge on any atom is 0.438 e. The summed E-state index contributed by atoms with van der Waals surface area (Å²) in [5.74, 6) is -6.44. The normalized spacial score (nSPS) is 28.0. The molecule has 15 nitrogen and oxygen atoms in total. The number of benzene rings is 1. The third-order valence-electron chi connectivity index (χ3n) is 12.5. The van der Waals surface area contributed by atoms with Crippen LogP contribution in [0.4, 0.5) is 31.1 Å². The van der Waals surface area contributed by atoms with Crippen LogP contribution < -0.4 is 19.5 Å². The Morgan fingerprint density at radius 1 is 1.05 bits per heavy atom. The molecule has 2 aromatic rings. The molecule has 0 bridgehead atoms. The Morgan fingerprint density at radius 3 is 2.30 bits per heavy atom. The maximum absolute atomic E-state index is 15.0. The number of ether oxygens (including phenoxy) is 2. The van der Waals surface area contributed by atoms with Gasteiger partial charge in [-0.1, -0.05) is 26.0 Å². The van der Waals surface area contributed by atoms with Crippen LogP contribution in [0, 0.1) is 17.8 Å². The van der Waals surface area contributed by atoms with Crippen LogP contribution >= 0.6 is 0 Å². The highest BCUT2D eigenvalue weighted by Crippen LogP contribution is 2.48. The zero-order valence-electron chi connectivity index (χ0n) is 35.8. The Balaban J connectivity index is 1.45. The number of carbonyl (C=O) groups excluding carboxylic acids is 3. The van der Waals surface area contributed by atoms with Gasteiger partial charge in [-0.3, -0.25) is 24.0 Å². The van der Waals surface area contributed by atoms with Gasteiger partial charge < -0.3 is 24.8 Å². The third-order valence-corrected chi connectivity index (χ3v) is 14.7. The maximum atomic E-state index is 15.0. The van der Waals surface area contributed by atoms with Crippen molar-refractivity contribution in [1.29, 1.82) is 0 Å². The van der Waals surface area contributed by atoms with Crippen molar-refractivity contribution in [3.8, 4) is 11.6 Å². The molecule has 3 N–H and O–H groups in total. The number of alkyl halides is 6. The molecule has 0 unspecified atom stereocenters. The van der Waals surface area contributed by atoms with E-state index in [2.05, 4.69) is 20.0 Å². The number of allylic oxidation sites excluding steroid dienone is 1. The van der Waals surface area contributed by atoms with Gasteiger partial charge in [-0.15, -0.1) is 0 Å². The average Bonchev–Trinajstić information content (AvgIpc) is 4.03. The number of sulfonamides is 1. The minimum Gasteiger partial charge on any atom is -0.491 e. The summed E-state index contributed by atoms with van der Waals surface area (Å²) in [7, 11) is -4.23. The Bertz CT molecular complexity index is 2290. The highest BCUT2D eigenvalue weighted by atomic mass is 32.2. The summed E-state index contributed by atoms with van der Waals surface area (Å²) in [6.07, 6.45) is -10.3. The van der Waals surface area contributed by atoms with E-state index in [1.54, 1.807) is 32.9 Å². The van der Waals surface area contributed by atoms with E-state index < -0.39 is 117 Å². The summed E-state index contributed by atoms with van der Waals surface area (Å²) in [5.41, 5.74) is -6.88. The number of fused-ring (bicyclic) bond motifs is 3. The Kier molecular flexibility index (Phi) is 12.5. The molecule has 2 aliphatic carbocycles. The number of hydrogen-bond acceptors (Lipinski definition) is 10. The molecular formula is C41H52F6N6O9S. The summed E-state index contributed by atoms with van der Waals surface area (Å²) in [6, 6.07) is 0.103. The van der Waals surface area contributed by atoms with E-state index in [9.17, 15) is 54.3 Å². The standard InChI is InChI=1S/C41H52F6N6O9S/c1-21(2)61-25-12-13-27-28(17-25)49-33(31(48-27)40(42,43)44)62-26-18-29-32(54)50-39(35(56)51-63(59,60)38(7)14-15-38)19-24(39)11-9-8-10-22(3)16-23(4)30(34(55)52(29)20-26)53(36(57)58)37(5,6)41(45,46)47/h9,11-13,17,21-24,26,29-30H,8,10,14-16,18-20H2,1-7H3,(H,50,54)(H,51,56)(H,57,58)/t22-,23-,24-,26-,29+,30+,39-/m1/s1. The number of nitrogens with one attached hydrogen (secondary N) is 2. The number of hydrogen-bond donors (Lipinski definition) is 3. The van der Waals surface area contributed by atoms with Crippen molar-refractivity contribution < 1.29 is 68.5 Å². The molecule has 1 aromatic carbocycles. The molecule has 2 saturated carbocycles. The first-order valence-corrected chi connectivity index (χ1v) is 22.2. The summed E-state index contributed by atoms with van der Waals surface area (Å²) in [4.78, 5) is 65.0. The fraction of sp³-hybridized carbons (Fsp3) is 0.659. The largest absolute Gasteiger partial charge is 0.491 e. The second-order valence-corrected chi connectivity index (χ2v) is 20.5. The average molecular weight is 919 g/mol. The molecule has 3 heterocycles. The Labute approximate surface area is 360 Å². The first-order chi connectivity index (χ1) is 29.0. The number of nitrogens with zero attached hydrogens (tertiary/aromatic N) is 4. The van der Waals surface area contributed by atoms with Crippen LogP contribution in [0.15, 0.2) is 30.4 Å². The molecule has 348 valence electrons. The Hall–Kier alpha value is -4.89. The van der Waals surface area contributed by atoms with Crippen molar-refractivity contribution in [3.05, 3.63) is 36.0 Å². The van der Waals surface area contributed by atoms with E-state index >= 15 is 4.79 Å². The SMILES string of the molecule is CC(C)Oc1ccc2nc(C(F)(F)F)c(O[C@@H]3C[C@H]4C(=O)N[C@]5(C(=O)NS(=O)(=O)C6(C)CC6)C[C@H]5C=CCC[C@@H](C)C[C@@H](C)[C@H](N(C(=O)O)C(C)(C)C(F)(F)F)C(=O)N4C3)nc2c1. The topological polar surface area (TPSA) is 197 Å². The minimum atomic E-state index is -5.21. The van der Waals surface area contributed by atoms with Crippen molar-refractivity contribution in [1.82, 2.24) is 29.8 Å². The Morgan fingerprint density at radius 2 is 1.71 bits per heavy atom. The van der Waals surface area contributed by atoms with Crippen molar-refractivity contribution in [3.63, 3.8) is 0 Å². The summed E-state index contributed by atoms with van der Waals surface area (Å²) < 4.78 is 127. The third kappa shape index (κ3) is 9.50. The lowest BCUT2D eigenvalue weighted by Crippen LogP contribution is -2.66. The van der Waals surface area contributed by atoms with Gasteiger partial charge in [0, 0.05) is 18.4 Å². The van der Waals surface area contributed by atoms with Gasteiger partial charge in [0.1, 0.15) is 35.0 Å². The molecule has 4 amide bonds. The second kappa shape index (κ2) is 16.6. The summed E-state index contributed by atoms with van der Waals surface area (Å²) >= 11 is 0. The number of halogens is 6. The highest BCUT2D eigenvalue weighted by molar-refractivity contribution is 7.91. The van der Waals surface area contributed by atoms with Crippen molar-refractivity contribution >= 4 is 44.9 Å². The van der Waals surface area contributed by atoms with Crippen molar-refractivity contribution in [2.45, 2.75) is 146 Å². The predicted octanol–water partition coefficient (Wildman–Crippen LogP) is 6.36. The van der Waals surface area contributed by atoms with Crippen molar-refractivity contribution in [2.24, 2.45) is 17.8 Å². The number of carboxylic acid groups (broad SMARTS) is 1. The van der Waals surface area contributed by atoms with Crippen LogP contribution in [-0.2, 0) is 30.6 Å². The molecule has 7 atom stereocenters. The second-order valence-electron chi connectivity index (χ2n) is 18.3. The monoisotopic (exact) mass is 918 g/mol. The lowest BCUT2D eigenvalue weighted by Gasteiger charge is -2.45. The molecule has 3 fully saturated rings. The van der Waals surface area contributed by atoms with Crippen molar-refractivity contribution in [2.75, 3.05) is 6.54 Å².